The molecule has 0 bridgehead atoms. The number of amides is 1. The lowest BCUT2D eigenvalue weighted by Gasteiger charge is -2.35. The summed E-state index contributed by atoms with van der Waals surface area (Å²) >= 11 is 0. The van der Waals surface area contributed by atoms with E-state index in [1.54, 1.807) is 25.3 Å². The number of allylic oxidation sites excluding steroid dienone is 1. The van der Waals surface area contributed by atoms with E-state index in [0.717, 1.165) is 49.1 Å². The molecule has 2 aromatic rings. The van der Waals surface area contributed by atoms with Crippen molar-refractivity contribution in [1.29, 1.82) is 0 Å². The molecule has 0 fully saturated rings. The zero-order valence-electron chi connectivity index (χ0n) is 20.5. The Kier molecular flexibility index (Phi) is 7.96. The van der Waals surface area contributed by atoms with Crippen molar-refractivity contribution in [3.8, 4) is 5.75 Å². The van der Waals surface area contributed by atoms with Gasteiger partial charge in [0.1, 0.15) is 5.75 Å². The molecule has 0 aromatic heterocycles. The first-order valence-corrected chi connectivity index (χ1v) is 11.9. The van der Waals surface area contributed by atoms with Crippen molar-refractivity contribution in [3.05, 3.63) is 65.2 Å². The fraction of sp³-hybridized carbons (Fsp3) is 0.429. The van der Waals surface area contributed by atoms with Crippen LogP contribution in [0.5, 0.6) is 5.75 Å². The summed E-state index contributed by atoms with van der Waals surface area (Å²) in [6.07, 6.45) is 6.19. The lowest BCUT2D eigenvalue weighted by molar-refractivity contribution is -0.120. The molecule has 1 heterocycles. The number of ether oxygens (including phenoxy) is 1. The van der Waals surface area contributed by atoms with Gasteiger partial charge in [-0.1, -0.05) is 44.9 Å². The number of nitrogens with one attached hydrogen (secondary N) is 2. The standard InChI is InChI=1S/C28H36N2O3/c1-6-9-19(10-7-2)27(32)29-22-12-8-11-20(15-22)26(31)17-25-24-16-23(33-5)14-13-21(24)18-28(3,4)30-25/h8,11-17,19,30H,6-7,9-10,18H2,1-5H3,(H,29,32)/b25-17-. The van der Waals surface area contributed by atoms with Crippen molar-refractivity contribution in [3.63, 3.8) is 0 Å². The molecule has 1 aliphatic heterocycles. The van der Waals surface area contributed by atoms with Gasteiger partial charge < -0.3 is 15.4 Å². The van der Waals surface area contributed by atoms with Gasteiger partial charge in [0.25, 0.3) is 0 Å². The number of carbonyl (C=O) groups excluding carboxylic acids is 2. The van der Waals surface area contributed by atoms with Gasteiger partial charge >= 0.3 is 0 Å². The Morgan fingerprint density at radius 3 is 2.52 bits per heavy atom. The van der Waals surface area contributed by atoms with Crippen molar-refractivity contribution in [1.82, 2.24) is 5.32 Å². The van der Waals surface area contributed by atoms with Gasteiger partial charge in [0.2, 0.25) is 5.91 Å². The van der Waals surface area contributed by atoms with Crippen LogP contribution in [0.15, 0.2) is 48.5 Å². The Bertz CT molecular complexity index is 1030. The third kappa shape index (κ3) is 6.25. The molecule has 0 saturated heterocycles. The lowest BCUT2D eigenvalue weighted by atomic mass is 9.85. The van der Waals surface area contributed by atoms with Crippen molar-refractivity contribution in [2.24, 2.45) is 5.92 Å². The first-order valence-electron chi connectivity index (χ1n) is 11.9. The van der Waals surface area contributed by atoms with Crippen LogP contribution in [0, 0.1) is 5.92 Å². The second-order valence-corrected chi connectivity index (χ2v) is 9.48. The fourth-order valence-corrected chi connectivity index (χ4v) is 4.47. The van der Waals surface area contributed by atoms with Crippen LogP contribution in [-0.2, 0) is 11.2 Å². The first-order chi connectivity index (χ1) is 15.8. The molecule has 1 amide bonds. The van der Waals surface area contributed by atoms with E-state index in [4.69, 9.17) is 4.74 Å². The Balaban J connectivity index is 1.85. The van der Waals surface area contributed by atoms with Crippen LogP contribution in [0.4, 0.5) is 5.69 Å². The minimum Gasteiger partial charge on any atom is -0.497 e. The van der Waals surface area contributed by atoms with Crippen molar-refractivity contribution in [2.75, 3.05) is 12.4 Å². The second kappa shape index (κ2) is 10.7. The van der Waals surface area contributed by atoms with Crippen molar-refractivity contribution in [2.45, 2.75) is 65.3 Å². The van der Waals surface area contributed by atoms with Crippen molar-refractivity contribution >= 4 is 23.1 Å². The van der Waals surface area contributed by atoms with E-state index in [1.165, 1.54) is 5.56 Å². The number of anilines is 1. The second-order valence-electron chi connectivity index (χ2n) is 9.48. The topological polar surface area (TPSA) is 67.4 Å². The van der Waals surface area contributed by atoms with Crippen molar-refractivity contribution < 1.29 is 14.3 Å². The van der Waals surface area contributed by atoms with E-state index in [2.05, 4.69) is 44.4 Å². The summed E-state index contributed by atoms with van der Waals surface area (Å²) in [5, 5.41) is 6.52. The van der Waals surface area contributed by atoms with E-state index in [9.17, 15) is 9.59 Å². The van der Waals surface area contributed by atoms with E-state index in [-0.39, 0.29) is 23.1 Å². The van der Waals surface area contributed by atoms with Crippen LogP contribution in [0.25, 0.3) is 5.70 Å². The van der Waals surface area contributed by atoms with Gasteiger partial charge in [-0.15, -0.1) is 0 Å². The summed E-state index contributed by atoms with van der Waals surface area (Å²) < 4.78 is 5.40. The number of hydrogen-bond donors (Lipinski definition) is 2. The Labute approximate surface area is 197 Å². The average Bonchev–Trinajstić information content (AvgIpc) is 2.78. The third-order valence-electron chi connectivity index (χ3n) is 6.05. The molecular formula is C28H36N2O3. The minimum absolute atomic E-state index is 0.00151. The molecule has 5 nitrogen and oxygen atoms in total. The van der Waals surface area contributed by atoms with E-state index in [1.807, 2.05) is 24.3 Å². The Morgan fingerprint density at radius 1 is 1.12 bits per heavy atom. The molecule has 1 aliphatic rings. The Hall–Kier alpha value is -3.08. The SMILES string of the molecule is CCCC(CCC)C(=O)Nc1cccc(C(=O)/C=C2\NC(C)(C)Cc3ccc(OC)cc32)c1. The zero-order valence-corrected chi connectivity index (χ0v) is 20.5. The number of methoxy groups -OCH3 is 1. The van der Waals surface area contributed by atoms with Crippen LogP contribution >= 0.6 is 0 Å². The highest BCUT2D eigenvalue weighted by Crippen LogP contribution is 2.32. The summed E-state index contributed by atoms with van der Waals surface area (Å²) in [6, 6.07) is 13.2. The summed E-state index contributed by atoms with van der Waals surface area (Å²) in [7, 11) is 1.64. The first kappa shape index (κ1) is 24.6. The monoisotopic (exact) mass is 448 g/mol. The van der Waals surface area contributed by atoms with Gasteiger partial charge in [-0.05, 0) is 62.9 Å². The van der Waals surface area contributed by atoms with E-state index in [0.29, 0.717) is 11.3 Å². The molecule has 0 saturated carbocycles. The molecule has 5 heteroatoms. The molecule has 0 atom stereocenters. The third-order valence-corrected chi connectivity index (χ3v) is 6.05. The van der Waals surface area contributed by atoms with Gasteiger partial charge in [0.15, 0.2) is 5.78 Å². The molecule has 33 heavy (non-hydrogen) atoms. The molecule has 2 aromatic carbocycles. The maximum atomic E-state index is 13.2. The molecule has 0 aliphatic carbocycles. The average molecular weight is 449 g/mol. The van der Waals surface area contributed by atoms with Crippen LogP contribution in [0.2, 0.25) is 0 Å². The summed E-state index contributed by atoms with van der Waals surface area (Å²) in [5.74, 6) is 0.672. The molecule has 176 valence electrons. The summed E-state index contributed by atoms with van der Waals surface area (Å²) in [4.78, 5) is 25.9. The highest BCUT2D eigenvalue weighted by atomic mass is 16.5. The van der Waals surface area contributed by atoms with Crippen LogP contribution in [0.3, 0.4) is 0 Å². The van der Waals surface area contributed by atoms with Gasteiger partial charge in [0.05, 0.1) is 7.11 Å². The highest BCUT2D eigenvalue weighted by Gasteiger charge is 2.28. The van der Waals surface area contributed by atoms with Gasteiger partial charge in [-0.25, -0.2) is 0 Å². The van der Waals surface area contributed by atoms with E-state index >= 15 is 0 Å². The summed E-state index contributed by atoms with van der Waals surface area (Å²) in [5.41, 5.74) is 3.96. The number of benzene rings is 2. The van der Waals surface area contributed by atoms with Gasteiger partial charge in [-0.3, -0.25) is 9.59 Å². The predicted molar refractivity (Wildman–Crippen MR) is 135 cm³/mol. The molecule has 0 radical (unpaired) electrons. The molecule has 3 rings (SSSR count). The normalized spacial score (nSPS) is 15.6. The van der Waals surface area contributed by atoms with Gasteiger partial charge in [-0.2, -0.15) is 0 Å². The Morgan fingerprint density at radius 2 is 1.85 bits per heavy atom. The number of fused-ring (bicyclic) bond motifs is 1. The van der Waals surface area contributed by atoms with Gasteiger partial charge in [0, 0.05) is 40.0 Å². The van der Waals surface area contributed by atoms with E-state index < -0.39 is 0 Å². The zero-order chi connectivity index (χ0) is 24.0. The number of hydrogen-bond acceptors (Lipinski definition) is 4. The van der Waals surface area contributed by atoms with Crippen LogP contribution in [0.1, 0.15) is 74.9 Å². The minimum atomic E-state index is -0.170. The number of carbonyl (C=O) groups is 2. The maximum Gasteiger partial charge on any atom is 0.227 e. The quantitative estimate of drug-likeness (QED) is 0.365. The largest absolute Gasteiger partial charge is 0.497 e. The highest BCUT2D eigenvalue weighted by molar-refractivity contribution is 6.09. The predicted octanol–water partition coefficient (Wildman–Crippen LogP) is 6.00. The lowest BCUT2D eigenvalue weighted by Crippen LogP contribution is -2.43. The molecular weight excluding hydrogens is 412 g/mol. The maximum absolute atomic E-state index is 13.2. The number of rotatable bonds is 9. The molecule has 0 unspecified atom stereocenters. The molecule has 2 N–H and O–H groups in total. The smallest absolute Gasteiger partial charge is 0.227 e. The molecule has 0 spiro atoms. The number of ketones is 1. The summed E-state index contributed by atoms with van der Waals surface area (Å²) in [6.45, 7) is 8.43. The van der Waals surface area contributed by atoms with Crippen LogP contribution in [-0.4, -0.2) is 24.3 Å². The van der Waals surface area contributed by atoms with Crippen LogP contribution < -0.4 is 15.4 Å². The fourth-order valence-electron chi connectivity index (χ4n) is 4.47.